The fourth-order valence-corrected chi connectivity index (χ4v) is 3.58. The zero-order valence-electron chi connectivity index (χ0n) is 14.8. The van der Waals surface area contributed by atoms with Gasteiger partial charge in [-0.15, -0.1) is 0 Å². The van der Waals surface area contributed by atoms with E-state index in [1.165, 1.54) is 16.8 Å². The van der Waals surface area contributed by atoms with Crippen LogP contribution in [0, 0.1) is 0 Å². The highest BCUT2D eigenvalue weighted by molar-refractivity contribution is 5.44. The molecule has 0 fully saturated rings. The van der Waals surface area contributed by atoms with Crippen molar-refractivity contribution in [3.8, 4) is 5.69 Å². The molecule has 0 bridgehead atoms. The van der Waals surface area contributed by atoms with E-state index in [4.69, 9.17) is 0 Å². The summed E-state index contributed by atoms with van der Waals surface area (Å²) < 4.78 is 1.79. The molecule has 5 rings (SSSR count). The molecule has 7 nitrogen and oxygen atoms in total. The maximum atomic E-state index is 4.58. The minimum Gasteiger partial charge on any atom is -0.335 e. The van der Waals surface area contributed by atoms with E-state index in [1.807, 2.05) is 36.4 Å². The van der Waals surface area contributed by atoms with Crippen LogP contribution >= 0.6 is 0 Å². The molecule has 1 N–H and O–H groups in total. The lowest BCUT2D eigenvalue weighted by molar-refractivity contribution is 0.680. The van der Waals surface area contributed by atoms with E-state index in [1.54, 1.807) is 4.68 Å². The van der Waals surface area contributed by atoms with Crippen LogP contribution in [0.25, 0.3) is 5.69 Å². The van der Waals surface area contributed by atoms with Crippen molar-refractivity contribution in [2.24, 2.45) is 0 Å². The van der Waals surface area contributed by atoms with Crippen molar-refractivity contribution in [2.45, 2.75) is 19.4 Å². The third kappa shape index (κ3) is 2.97. The number of anilines is 1. The van der Waals surface area contributed by atoms with Crippen molar-refractivity contribution in [3.63, 3.8) is 0 Å². The van der Waals surface area contributed by atoms with Crippen LogP contribution in [0.1, 0.15) is 22.5 Å². The maximum Gasteiger partial charge on any atom is 0.250 e. The van der Waals surface area contributed by atoms with Crippen molar-refractivity contribution < 1.29 is 0 Å². The fourth-order valence-electron chi connectivity index (χ4n) is 3.58. The molecular weight excluding hydrogens is 338 g/mol. The molecule has 0 radical (unpaired) electrons. The number of para-hydroxylation sites is 1. The van der Waals surface area contributed by atoms with Crippen LogP contribution in [0.2, 0.25) is 0 Å². The third-order valence-electron chi connectivity index (χ3n) is 4.97. The number of aromatic nitrogens is 6. The van der Waals surface area contributed by atoms with Gasteiger partial charge >= 0.3 is 0 Å². The molecule has 3 heterocycles. The molecule has 0 aliphatic carbocycles. The monoisotopic (exact) mass is 357 g/mol. The summed E-state index contributed by atoms with van der Waals surface area (Å²) in [6.07, 6.45) is 1.73. The van der Waals surface area contributed by atoms with Gasteiger partial charge in [0.2, 0.25) is 0 Å². The normalized spacial score (nSPS) is 13.6. The molecule has 0 unspecified atom stereocenters. The van der Waals surface area contributed by atoms with Crippen LogP contribution in [0.5, 0.6) is 0 Å². The van der Waals surface area contributed by atoms with E-state index in [0.717, 1.165) is 43.3 Å². The molecule has 2 aromatic carbocycles. The Labute approximate surface area is 156 Å². The van der Waals surface area contributed by atoms with Crippen LogP contribution in [0.15, 0.2) is 60.7 Å². The molecule has 1 aliphatic heterocycles. The minimum atomic E-state index is 0.751. The lowest BCUT2D eigenvalue weighted by Gasteiger charge is -2.27. The molecule has 134 valence electrons. The highest BCUT2D eigenvalue weighted by atomic mass is 15.6. The predicted molar refractivity (Wildman–Crippen MR) is 102 cm³/mol. The first kappa shape index (κ1) is 15.7. The SMILES string of the molecule is c1ccc(Cc2n[nH]c3c2CN(c2nnnn2-c2ccccc2)CC3)cc1. The number of nitrogens with zero attached hydrogens (tertiary/aromatic N) is 6. The van der Waals surface area contributed by atoms with Crippen LogP contribution in [-0.2, 0) is 19.4 Å². The Kier molecular flexibility index (Phi) is 3.90. The molecule has 0 atom stereocenters. The zero-order valence-corrected chi connectivity index (χ0v) is 14.8. The number of hydrogen-bond donors (Lipinski definition) is 1. The number of aromatic amines is 1. The second-order valence-corrected chi connectivity index (χ2v) is 6.69. The van der Waals surface area contributed by atoms with E-state index in [-0.39, 0.29) is 0 Å². The van der Waals surface area contributed by atoms with Gasteiger partial charge < -0.3 is 4.90 Å². The Balaban J connectivity index is 1.44. The quantitative estimate of drug-likeness (QED) is 0.607. The first-order valence-electron chi connectivity index (χ1n) is 9.06. The first-order valence-corrected chi connectivity index (χ1v) is 9.06. The number of rotatable bonds is 4. The van der Waals surface area contributed by atoms with E-state index >= 15 is 0 Å². The van der Waals surface area contributed by atoms with Crippen molar-refractivity contribution >= 4 is 5.95 Å². The molecule has 7 heteroatoms. The summed E-state index contributed by atoms with van der Waals surface area (Å²) in [6.45, 7) is 1.61. The Bertz CT molecular complexity index is 1040. The van der Waals surface area contributed by atoms with E-state index in [9.17, 15) is 0 Å². The number of fused-ring (bicyclic) bond motifs is 1. The average Bonchev–Trinajstić information content (AvgIpc) is 3.37. The smallest absolute Gasteiger partial charge is 0.250 e. The summed E-state index contributed by atoms with van der Waals surface area (Å²) in [6, 6.07) is 20.4. The van der Waals surface area contributed by atoms with Gasteiger partial charge in [-0.3, -0.25) is 5.10 Å². The second kappa shape index (κ2) is 6.68. The van der Waals surface area contributed by atoms with Gasteiger partial charge in [0, 0.05) is 37.2 Å². The summed E-state index contributed by atoms with van der Waals surface area (Å²) in [5.41, 5.74) is 5.79. The molecule has 27 heavy (non-hydrogen) atoms. The van der Waals surface area contributed by atoms with Crippen LogP contribution in [0.4, 0.5) is 5.95 Å². The standard InChI is InChI=1S/C20H19N7/c1-3-7-15(8-4-1)13-19-17-14-26(12-11-18(17)21-22-19)20-23-24-25-27(20)16-9-5-2-6-10-16/h1-10H,11-14H2,(H,21,22). The Morgan fingerprint density at radius 3 is 2.56 bits per heavy atom. The fraction of sp³-hybridized carbons (Fsp3) is 0.200. The number of H-pyrrole nitrogens is 1. The van der Waals surface area contributed by atoms with Gasteiger partial charge in [0.05, 0.1) is 11.4 Å². The van der Waals surface area contributed by atoms with Gasteiger partial charge in [-0.05, 0) is 28.1 Å². The molecule has 0 saturated heterocycles. The van der Waals surface area contributed by atoms with Crippen LogP contribution in [0.3, 0.4) is 0 Å². The highest BCUT2D eigenvalue weighted by Gasteiger charge is 2.25. The van der Waals surface area contributed by atoms with Gasteiger partial charge in [0.1, 0.15) is 0 Å². The first-order chi connectivity index (χ1) is 13.4. The topological polar surface area (TPSA) is 75.5 Å². The van der Waals surface area contributed by atoms with Crippen molar-refractivity contribution in [3.05, 3.63) is 83.2 Å². The van der Waals surface area contributed by atoms with Crippen LogP contribution < -0.4 is 4.90 Å². The Morgan fingerprint density at radius 2 is 1.74 bits per heavy atom. The van der Waals surface area contributed by atoms with Gasteiger partial charge in [-0.2, -0.15) is 9.78 Å². The number of tetrazole rings is 1. The van der Waals surface area contributed by atoms with E-state index in [2.05, 4.69) is 54.9 Å². The Morgan fingerprint density at radius 1 is 0.963 bits per heavy atom. The lowest BCUT2D eigenvalue weighted by Crippen LogP contribution is -2.32. The molecule has 0 spiro atoms. The van der Waals surface area contributed by atoms with Crippen molar-refractivity contribution in [1.29, 1.82) is 0 Å². The summed E-state index contributed by atoms with van der Waals surface area (Å²) in [4.78, 5) is 2.22. The zero-order chi connectivity index (χ0) is 18.1. The molecular formula is C20H19N7. The maximum absolute atomic E-state index is 4.58. The molecule has 1 aliphatic rings. The predicted octanol–water partition coefficient (Wildman–Crippen LogP) is 2.54. The summed E-state index contributed by atoms with van der Waals surface area (Å²) in [5.74, 6) is 0.763. The minimum absolute atomic E-state index is 0.751. The van der Waals surface area contributed by atoms with E-state index in [0.29, 0.717) is 0 Å². The largest absolute Gasteiger partial charge is 0.335 e. The summed E-state index contributed by atoms with van der Waals surface area (Å²) >= 11 is 0. The summed E-state index contributed by atoms with van der Waals surface area (Å²) in [7, 11) is 0. The molecule has 0 saturated carbocycles. The average molecular weight is 357 g/mol. The van der Waals surface area contributed by atoms with Crippen molar-refractivity contribution in [1.82, 2.24) is 30.4 Å². The van der Waals surface area contributed by atoms with Crippen molar-refractivity contribution in [2.75, 3.05) is 11.4 Å². The number of nitrogens with one attached hydrogen (secondary N) is 1. The second-order valence-electron chi connectivity index (χ2n) is 6.69. The van der Waals surface area contributed by atoms with Gasteiger partial charge in [-0.1, -0.05) is 53.6 Å². The van der Waals surface area contributed by atoms with Gasteiger partial charge in [0.15, 0.2) is 0 Å². The number of benzene rings is 2. The highest BCUT2D eigenvalue weighted by Crippen LogP contribution is 2.26. The van der Waals surface area contributed by atoms with Gasteiger partial charge in [-0.25, -0.2) is 0 Å². The molecule has 4 aromatic rings. The molecule has 0 amide bonds. The Hall–Kier alpha value is -3.48. The number of hydrogen-bond acceptors (Lipinski definition) is 5. The molecule has 2 aromatic heterocycles. The summed E-state index contributed by atoms with van der Waals surface area (Å²) in [5, 5.41) is 20.2. The van der Waals surface area contributed by atoms with Crippen LogP contribution in [-0.4, -0.2) is 36.9 Å². The lowest BCUT2D eigenvalue weighted by atomic mass is 10.0. The van der Waals surface area contributed by atoms with E-state index < -0.39 is 0 Å². The third-order valence-corrected chi connectivity index (χ3v) is 4.97. The van der Waals surface area contributed by atoms with Gasteiger partial charge in [0.25, 0.3) is 5.95 Å².